The van der Waals surface area contributed by atoms with Crippen molar-refractivity contribution in [2.45, 2.75) is 45.3 Å². The van der Waals surface area contributed by atoms with Gasteiger partial charge in [-0.15, -0.1) is 6.42 Å². The van der Waals surface area contributed by atoms with Crippen molar-refractivity contribution in [1.29, 1.82) is 0 Å². The van der Waals surface area contributed by atoms with Crippen LogP contribution in [-0.4, -0.2) is 30.2 Å². The summed E-state index contributed by atoms with van der Waals surface area (Å²) in [4.78, 5) is 23.0. The van der Waals surface area contributed by atoms with Gasteiger partial charge in [-0.2, -0.15) is 0 Å². The first-order valence-corrected chi connectivity index (χ1v) is 6.05. The zero-order chi connectivity index (χ0) is 13.8. The van der Waals surface area contributed by atoms with E-state index >= 15 is 0 Å². The largest absolute Gasteiger partial charge is 0.444 e. The van der Waals surface area contributed by atoms with Gasteiger partial charge in [-0.3, -0.25) is 4.79 Å². The van der Waals surface area contributed by atoms with Crippen molar-refractivity contribution >= 4 is 12.0 Å². The standard InChI is InChI=1S/C13H20N2O3/c1-5-10(8-9-6-7-14-11(9)16)15-12(17)18-13(2,3)4/h1,9-10H,6-8H2,2-4H3,(H,14,16)(H,15,17). The number of hydrogen-bond acceptors (Lipinski definition) is 3. The van der Waals surface area contributed by atoms with Crippen LogP contribution in [0.2, 0.25) is 0 Å². The topological polar surface area (TPSA) is 67.4 Å². The van der Waals surface area contributed by atoms with Crippen molar-refractivity contribution in [3.05, 3.63) is 0 Å². The Bertz CT molecular complexity index is 365. The monoisotopic (exact) mass is 252 g/mol. The molecule has 1 aliphatic rings. The number of terminal acetylenes is 1. The van der Waals surface area contributed by atoms with E-state index in [1.807, 2.05) is 0 Å². The Hall–Kier alpha value is -1.70. The molecule has 0 aromatic rings. The van der Waals surface area contributed by atoms with Crippen molar-refractivity contribution in [3.63, 3.8) is 0 Å². The third kappa shape index (κ3) is 4.66. The third-order valence-corrected chi connectivity index (χ3v) is 2.58. The number of carbonyl (C=O) groups excluding carboxylic acids is 2. The first-order chi connectivity index (χ1) is 8.31. The minimum absolute atomic E-state index is 0.00115. The second-order valence-corrected chi connectivity index (χ2v) is 5.38. The predicted octanol–water partition coefficient (Wildman–Crippen LogP) is 1.04. The Kier molecular flexibility index (Phi) is 4.60. The smallest absolute Gasteiger partial charge is 0.408 e. The lowest BCUT2D eigenvalue weighted by molar-refractivity contribution is -0.122. The van der Waals surface area contributed by atoms with Gasteiger partial charge in [-0.25, -0.2) is 4.79 Å². The number of amides is 2. The summed E-state index contributed by atoms with van der Waals surface area (Å²) in [6.45, 7) is 6.01. The molecule has 0 bridgehead atoms. The molecule has 5 heteroatoms. The number of hydrogen-bond donors (Lipinski definition) is 2. The molecule has 0 radical (unpaired) electrons. The summed E-state index contributed by atoms with van der Waals surface area (Å²) >= 11 is 0. The molecule has 100 valence electrons. The normalized spacial score (nSPS) is 20.8. The van der Waals surface area contributed by atoms with E-state index in [1.165, 1.54) is 0 Å². The fraction of sp³-hybridized carbons (Fsp3) is 0.692. The molecular formula is C13H20N2O3. The molecule has 2 amide bonds. The van der Waals surface area contributed by atoms with E-state index in [4.69, 9.17) is 11.2 Å². The first-order valence-electron chi connectivity index (χ1n) is 6.05. The maximum absolute atomic E-state index is 11.6. The lowest BCUT2D eigenvalue weighted by Crippen LogP contribution is -2.40. The van der Waals surface area contributed by atoms with Gasteiger partial charge in [0.15, 0.2) is 0 Å². The molecule has 5 nitrogen and oxygen atoms in total. The number of carbonyl (C=O) groups is 2. The lowest BCUT2D eigenvalue weighted by Gasteiger charge is -2.22. The summed E-state index contributed by atoms with van der Waals surface area (Å²) in [6.07, 6.45) is 6.01. The van der Waals surface area contributed by atoms with Crippen LogP contribution in [0.3, 0.4) is 0 Å². The Morgan fingerprint density at radius 1 is 1.67 bits per heavy atom. The molecule has 1 rings (SSSR count). The van der Waals surface area contributed by atoms with E-state index in [9.17, 15) is 9.59 Å². The number of rotatable bonds is 3. The zero-order valence-electron chi connectivity index (χ0n) is 11.1. The highest BCUT2D eigenvalue weighted by atomic mass is 16.6. The quantitative estimate of drug-likeness (QED) is 0.737. The van der Waals surface area contributed by atoms with Crippen LogP contribution in [0, 0.1) is 18.3 Å². The van der Waals surface area contributed by atoms with Crippen molar-refractivity contribution in [2.75, 3.05) is 6.54 Å². The van der Waals surface area contributed by atoms with Gasteiger partial charge in [0.1, 0.15) is 5.60 Å². The van der Waals surface area contributed by atoms with Gasteiger partial charge < -0.3 is 15.4 Å². The van der Waals surface area contributed by atoms with Crippen LogP contribution in [0.1, 0.15) is 33.6 Å². The van der Waals surface area contributed by atoms with Gasteiger partial charge in [0, 0.05) is 12.5 Å². The molecule has 0 aliphatic carbocycles. The summed E-state index contributed by atoms with van der Waals surface area (Å²) in [5.74, 6) is 2.35. The molecule has 2 atom stereocenters. The Labute approximate surface area is 108 Å². The molecule has 2 N–H and O–H groups in total. The van der Waals surface area contributed by atoms with Crippen LogP contribution in [0.15, 0.2) is 0 Å². The second-order valence-electron chi connectivity index (χ2n) is 5.38. The number of alkyl carbamates (subject to hydrolysis) is 1. The van der Waals surface area contributed by atoms with Gasteiger partial charge in [0.2, 0.25) is 5.91 Å². The molecule has 0 aromatic carbocycles. The van der Waals surface area contributed by atoms with Crippen LogP contribution >= 0.6 is 0 Å². The van der Waals surface area contributed by atoms with Crippen molar-refractivity contribution in [3.8, 4) is 12.3 Å². The van der Waals surface area contributed by atoms with Crippen molar-refractivity contribution in [1.82, 2.24) is 10.6 Å². The van der Waals surface area contributed by atoms with Crippen LogP contribution in [0.25, 0.3) is 0 Å². The predicted molar refractivity (Wildman–Crippen MR) is 67.7 cm³/mol. The second kappa shape index (κ2) is 5.76. The maximum atomic E-state index is 11.6. The lowest BCUT2D eigenvalue weighted by atomic mass is 9.99. The van der Waals surface area contributed by atoms with E-state index in [0.29, 0.717) is 13.0 Å². The Morgan fingerprint density at radius 3 is 2.78 bits per heavy atom. The molecule has 2 unspecified atom stereocenters. The van der Waals surface area contributed by atoms with E-state index in [0.717, 1.165) is 6.42 Å². The van der Waals surface area contributed by atoms with Gasteiger partial charge >= 0.3 is 6.09 Å². The molecule has 0 aromatic heterocycles. The highest BCUT2D eigenvalue weighted by Crippen LogP contribution is 2.16. The highest BCUT2D eigenvalue weighted by Gasteiger charge is 2.28. The van der Waals surface area contributed by atoms with Crippen molar-refractivity contribution in [2.24, 2.45) is 5.92 Å². The van der Waals surface area contributed by atoms with Crippen molar-refractivity contribution < 1.29 is 14.3 Å². The summed E-state index contributed by atoms with van der Waals surface area (Å²) in [6, 6.07) is -0.478. The molecular weight excluding hydrogens is 232 g/mol. The molecule has 0 spiro atoms. The van der Waals surface area contributed by atoms with E-state index in [2.05, 4.69) is 16.6 Å². The average Bonchev–Trinajstić information content (AvgIpc) is 2.60. The van der Waals surface area contributed by atoms with Gasteiger partial charge in [-0.1, -0.05) is 5.92 Å². The van der Waals surface area contributed by atoms with Crippen LogP contribution in [0.4, 0.5) is 4.79 Å². The van der Waals surface area contributed by atoms with E-state index < -0.39 is 17.7 Å². The summed E-state index contributed by atoms with van der Waals surface area (Å²) in [7, 11) is 0. The summed E-state index contributed by atoms with van der Waals surface area (Å²) in [5, 5.41) is 5.33. The highest BCUT2D eigenvalue weighted by molar-refractivity contribution is 5.80. The van der Waals surface area contributed by atoms with Gasteiger partial charge in [-0.05, 0) is 33.6 Å². The molecule has 1 heterocycles. The molecule has 0 saturated carbocycles. The maximum Gasteiger partial charge on any atom is 0.408 e. The fourth-order valence-corrected chi connectivity index (χ4v) is 1.77. The molecule has 1 aliphatic heterocycles. The zero-order valence-corrected chi connectivity index (χ0v) is 11.1. The molecule has 1 saturated heterocycles. The fourth-order valence-electron chi connectivity index (χ4n) is 1.77. The number of ether oxygens (including phenoxy) is 1. The first kappa shape index (κ1) is 14.4. The van der Waals surface area contributed by atoms with Gasteiger partial charge in [0.25, 0.3) is 0 Å². The minimum atomic E-state index is -0.562. The van der Waals surface area contributed by atoms with Crippen LogP contribution in [0.5, 0.6) is 0 Å². The third-order valence-electron chi connectivity index (χ3n) is 2.58. The molecule has 18 heavy (non-hydrogen) atoms. The number of nitrogens with one attached hydrogen (secondary N) is 2. The van der Waals surface area contributed by atoms with Crippen LogP contribution in [-0.2, 0) is 9.53 Å². The van der Waals surface area contributed by atoms with E-state index in [-0.39, 0.29) is 11.8 Å². The minimum Gasteiger partial charge on any atom is -0.444 e. The average molecular weight is 252 g/mol. The van der Waals surface area contributed by atoms with Crippen LogP contribution < -0.4 is 10.6 Å². The Morgan fingerprint density at radius 2 is 2.33 bits per heavy atom. The Balaban J connectivity index is 2.45. The molecule has 1 fully saturated rings. The summed E-state index contributed by atoms with van der Waals surface area (Å²) < 4.78 is 5.12. The van der Waals surface area contributed by atoms with Gasteiger partial charge in [0.05, 0.1) is 6.04 Å². The van der Waals surface area contributed by atoms with E-state index in [1.54, 1.807) is 20.8 Å². The summed E-state index contributed by atoms with van der Waals surface area (Å²) in [5.41, 5.74) is -0.562. The SMILES string of the molecule is C#CC(CC1CCNC1=O)NC(=O)OC(C)(C)C.